The van der Waals surface area contributed by atoms with E-state index in [2.05, 4.69) is 90.3 Å². The minimum Gasteiger partial charge on any atom is -0.457 e. The summed E-state index contributed by atoms with van der Waals surface area (Å²) < 4.78 is 109. The van der Waals surface area contributed by atoms with Crippen molar-refractivity contribution < 1.29 is 19.8 Å². The van der Waals surface area contributed by atoms with Gasteiger partial charge in [-0.25, -0.2) is 4.98 Å². The van der Waals surface area contributed by atoms with Gasteiger partial charge in [0.25, 0.3) is 0 Å². The highest BCUT2D eigenvalue weighted by Crippen LogP contribution is 2.49. The van der Waals surface area contributed by atoms with Crippen molar-refractivity contribution in [1.82, 2.24) is 14.1 Å². The Kier molecular flexibility index (Phi) is 7.25. The SMILES string of the molecule is [2H]c1c([2H])c([2H])c2c(c1[2H])c1c([2H])c([2H])c([2H])c([2H])c1n2-c1cc(Oc2cccc(N3CN(c4cc(C(C)(C)C)cc(C(C)(C)C)c4)c4c3cccc4C([2H])([2H])[2H])c2)cc2c1c1ccccc1n2-c1cc(C(C)(C)C)ccn1. The first-order chi connectivity index (χ1) is 36.6. The first-order valence-corrected chi connectivity index (χ1v) is 22.7. The van der Waals surface area contributed by atoms with Crippen molar-refractivity contribution in [2.75, 3.05) is 16.5 Å². The fourth-order valence-electron chi connectivity index (χ4n) is 9.44. The molecule has 7 aromatic carbocycles. The average Bonchev–Trinajstić information content (AvgIpc) is 4.29. The summed E-state index contributed by atoms with van der Waals surface area (Å²) >= 11 is 0. The van der Waals surface area contributed by atoms with Crippen LogP contribution in [0.2, 0.25) is 0 Å². The third-order valence-electron chi connectivity index (χ3n) is 13.0. The van der Waals surface area contributed by atoms with Crippen molar-refractivity contribution in [3.8, 4) is 23.0 Å². The van der Waals surface area contributed by atoms with Crippen LogP contribution in [0, 0.1) is 6.85 Å². The Bertz CT molecular complexity index is 4050. The smallest absolute Gasteiger partial charge is 0.137 e. The van der Waals surface area contributed by atoms with Gasteiger partial charge >= 0.3 is 0 Å². The molecule has 6 heteroatoms. The summed E-state index contributed by atoms with van der Waals surface area (Å²) in [5, 5.41) is 1.27. The number of aryl methyl sites for hydroxylation is 1. The Labute approximate surface area is 410 Å². The molecule has 3 aromatic heterocycles. The maximum absolute atomic E-state index is 9.46. The Balaban J connectivity index is 1.16. The minimum absolute atomic E-state index is 0.0236. The third kappa shape index (κ3) is 7.21. The number of pyridine rings is 1. The Morgan fingerprint density at radius 1 is 0.522 bits per heavy atom. The van der Waals surface area contributed by atoms with Crippen LogP contribution in [0.15, 0.2) is 164 Å². The largest absolute Gasteiger partial charge is 0.457 e. The second-order valence-corrected chi connectivity index (χ2v) is 20.7. The molecule has 11 rings (SSSR count). The van der Waals surface area contributed by atoms with Crippen LogP contribution < -0.4 is 14.5 Å². The summed E-state index contributed by atoms with van der Waals surface area (Å²) in [6.07, 6.45) is 1.77. The number of ether oxygens (including phenoxy) is 1. The van der Waals surface area contributed by atoms with E-state index < -0.39 is 55.2 Å². The summed E-state index contributed by atoms with van der Waals surface area (Å²) in [5.41, 5.74) is 7.39. The maximum atomic E-state index is 9.46. The lowest BCUT2D eigenvalue weighted by Gasteiger charge is -2.29. The van der Waals surface area contributed by atoms with Crippen LogP contribution in [0.1, 0.15) is 99.6 Å². The highest BCUT2D eigenvalue weighted by Gasteiger charge is 2.32. The molecule has 0 atom stereocenters. The standard InChI is InChI=1S/C61H59N5O/c1-39-19-17-28-53-58(39)64(44-32-41(60(5,6)7)31-42(33-44)61(8,9)10)38-63(53)43-20-18-21-45(35-43)67-46-36-54(65-50-25-14-11-22-47(50)48-23-12-15-26-51(48)65)57-49-24-13-16-27-52(49)66(55(57)37-46)56-34-40(29-30-62-56)59(2,3)4/h11-37H,38H2,1-10H3/i1D3,11D,12D,14D,15D,22D,23D,25D,26D. The fraction of sp³-hybridized carbons (Fsp3) is 0.230. The van der Waals surface area contributed by atoms with Crippen LogP contribution in [-0.4, -0.2) is 20.8 Å². The number of aromatic nitrogens is 3. The van der Waals surface area contributed by atoms with E-state index in [1.54, 1.807) is 29.0 Å². The number of hydrogen-bond acceptors (Lipinski definition) is 4. The summed E-state index contributed by atoms with van der Waals surface area (Å²) in [6.45, 7) is 17.3. The zero-order chi connectivity index (χ0) is 56.0. The van der Waals surface area contributed by atoms with Crippen molar-refractivity contribution in [2.24, 2.45) is 0 Å². The normalized spacial score (nSPS) is 15.9. The van der Waals surface area contributed by atoms with Crippen LogP contribution in [0.4, 0.5) is 22.7 Å². The molecule has 0 aliphatic carbocycles. The summed E-state index contributed by atoms with van der Waals surface area (Å²) in [7, 11) is 0. The number of benzene rings is 7. The van der Waals surface area contributed by atoms with Crippen molar-refractivity contribution >= 4 is 66.4 Å². The van der Waals surface area contributed by atoms with Gasteiger partial charge in [-0.15, -0.1) is 0 Å². The zero-order valence-electron chi connectivity index (χ0n) is 50.3. The van der Waals surface area contributed by atoms with E-state index in [4.69, 9.17) is 19.3 Å². The lowest BCUT2D eigenvalue weighted by atomic mass is 9.80. The molecule has 0 radical (unpaired) electrons. The average molecular weight is 889 g/mol. The monoisotopic (exact) mass is 889 g/mol. The molecule has 0 saturated heterocycles. The lowest BCUT2D eigenvalue weighted by molar-refractivity contribution is 0.483. The Morgan fingerprint density at radius 2 is 1.19 bits per heavy atom. The molecule has 1 aliphatic heterocycles. The second-order valence-electron chi connectivity index (χ2n) is 20.7. The number of anilines is 4. The number of hydrogen-bond donors (Lipinski definition) is 0. The van der Waals surface area contributed by atoms with Gasteiger partial charge in [0.15, 0.2) is 0 Å². The minimum atomic E-state index is -2.43. The summed E-state index contributed by atoms with van der Waals surface area (Å²) in [6, 6.07) is 31.1. The predicted molar refractivity (Wildman–Crippen MR) is 282 cm³/mol. The molecule has 0 bridgehead atoms. The molecule has 4 heterocycles. The third-order valence-corrected chi connectivity index (χ3v) is 13.0. The summed E-state index contributed by atoms with van der Waals surface area (Å²) in [5.74, 6) is 1.31. The second kappa shape index (κ2) is 15.4. The molecule has 0 spiro atoms. The lowest BCUT2D eigenvalue weighted by Crippen LogP contribution is -2.25. The van der Waals surface area contributed by atoms with Gasteiger partial charge in [-0.3, -0.25) is 4.57 Å². The molecule has 10 aromatic rings. The molecular formula is C61H59N5O. The molecule has 0 fully saturated rings. The van der Waals surface area contributed by atoms with Gasteiger partial charge in [0.2, 0.25) is 0 Å². The van der Waals surface area contributed by atoms with E-state index in [9.17, 15) is 5.48 Å². The topological polar surface area (TPSA) is 38.5 Å². The van der Waals surface area contributed by atoms with Gasteiger partial charge in [-0.1, -0.05) is 141 Å². The van der Waals surface area contributed by atoms with Gasteiger partial charge in [0.1, 0.15) is 24.0 Å². The van der Waals surface area contributed by atoms with Crippen LogP contribution in [0.5, 0.6) is 11.5 Å². The van der Waals surface area contributed by atoms with Crippen molar-refractivity contribution in [3.63, 3.8) is 0 Å². The number of fused-ring (bicyclic) bond motifs is 7. The first kappa shape index (κ1) is 31.6. The highest BCUT2D eigenvalue weighted by molar-refractivity contribution is 6.16. The van der Waals surface area contributed by atoms with E-state index in [1.165, 1.54) is 0 Å². The van der Waals surface area contributed by atoms with Gasteiger partial charge in [0, 0.05) is 61.4 Å². The van der Waals surface area contributed by atoms with Crippen LogP contribution in [-0.2, 0) is 16.2 Å². The molecule has 0 N–H and O–H groups in total. The molecule has 0 amide bonds. The molecule has 0 unspecified atom stereocenters. The molecule has 334 valence electrons. The van der Waals surface area contributed by atoms with Crippen molar-refractivity contribution in [3.05, 3.63) is 186 Å². The van der Waals surface area contributed by atoms with Gasteiger partial charge in [-0.2, -0.15) is 0 Å². The highest BCUT2D eigenvalue weighted by atomic mass is 16.5. The molecular weight excluding hydrogens is 819 g/mol. The summed E-state index contributed by atoms with van der Waals surface area (Å²) in [4.78, 5) is 9.09. The maximum Gasteiger partial charge on any atom is 0.137 e. The molecule has 0 saturated carbocycles. The fourth-order valence-corrected chi connectivity index (χ4v) is 9.44. The van der Waals surface area contributed by atoms with E-state index in [1.807, 2.05) is 77.4 Å². The van der Waals surface area contributed by atoms with Crippen LogP contribution in [0.3, 0.4) is 0 Å². The predicted octanol–water partition coefficient (Wildman–Crippen LogP) is 16.5. The van der Waals surface area contributed by atoms with Crippen molar-refractivity contribution in [2.45, 2.75) is 85.4 Å². The zero-order valence-corrected chi connectivity index (χ0v) is 39.3. The van der Waals surface area contributed by atoms with Crippen LogP contribution >= 0.6 is 0 Å². The van der Waals surface area contributed by atoms with Gasteiger partial charge < -0.3 is 19.1 Å². The van der Waals surface area contributed by atoms with Crippen molar-refractivity contribution in [1.29, 1.82) is 0 Å². The Morgan fingerprint density at radius 3 is 1.88 bits per heavy atom. The van der Waals surface area contributed by atoms with E-state index in [-0.39, 0.29) is 50.3 Å². The van der Waals surface area contributed by atoms with E-state index in [0.29, 0.717) is 45.3 Å². The number of rotatable bonds is 6. The van der Waals surface area contributed by atoms with E-state index >= 15 is 0 Å². The molecule has 1 aliphatic rings. The van der Waals surface area contributed by atoms with Crippen LogP contribution in [0.25, 0.3) is 55.1 Å². The Hall–Kier alpha value is -7.31. The van der Waals surface area contributed by atoms with E-state index in [0.717, 1.165) is 39.0 Å². The molecule has 6 nitrogen and oxygen atoms in total. The van der Waals surface area contributed by atoms with Gasteiger partial charge in [0.05, 0.1) is 50.1 Å². The van der Waals surface area contributed by atoms with Gasteiger partial charge in [-0.05, 0) is 106 Å². The molecule has 67 heavy (non-hydrogen) atoms. The quantitative estimate of drug-likeness (QED) is 0.167. The first-order valence-electron chi connectivity index (χ1n) is 28.2. The number of para-hydroxylation sites is 4. The number of nitrogens with zero attached hydrogens (tertiary/aromatic N) is 5.